The lowest BCUT2D eigenvalue weighted by Gasteiger charge is -2.22. The molecule has 0 aliphatic carbocycles. The van der Waals surface area contributed by atoms with Gasteiger partial charge < -0.3 is 14.9 Å². The predicted octanol–water partition coefficient (Wildman–Crippen LogP) is 2.38. The highest BCUT2D eigenvalue weighted by molar-refractivity contribution is 6.05. The highest BCUT2D eigenvalue weighted by atomic mass is 16.4. The smallest absolute Gasteiger partial charge is 0.323 e. The van der Waals surface area contributed by atoms with Crippen molar-refractivity contribution in [3.8, 4) is 0 Å². The van der Waals surface area contributed by atoms with Crippen LogP contribution in [0.25, 0.3) is 10.9 Å². The molecule has 1 aliphatic heterocycles. The number of fused-ring (bicyclic) bond motifs is 2. The van der Waals surface area contributed by atoms with E-state index in [4.69, 9.17) is 5.11 Å². The third-order valence-corrected chi connectivity index (χ3v) is 4.80. The summed E-state index contributed by atoms with van der Waals surface area (Å²) in [7, 11) is 3.80. The van der Waals surface area contributed by atoms with Gasteiger partial charge in [0.25, 0.3) is 5.91 Å². The number of carbonyl (C=O) groups excluding carboxylic acids is 1. The third-order valence-electron chi connectivity index (χ3n) is 4.80. The van der Waals surface area contributed by atoms with Gasteiger partial charge in [-0.15, -0.1) is 0 Å². The zero-order valence-electron chi connectivity index (χ0n) is 14.5. The van der Waals surface area contributed by atoms with Gasteiger partial charge in [0.1, 0.15) is 6.54 Å². The van der Waals surface area contributed by atoms with E-state index < -0.39 is 5.97 Å². The number of carboxylic acids is 1. The fourth-order valence-corrected chi connectivity index (χ4v) is 3.47. The van der Waals surface area contributed by atoms with E-state index >= 15 is 0 Å². The first kappa shape index (κ1) is 16.1. The first-order valence-electron chi connectivity index (χ1n) is 8.24. The summed E-state index contributed by atoms with van der Waals surface area (Å²) in [6, 6.07) is 11.7. The third kappa shape index (κ3) is 2.48. The van der Waals surface area contributed by atoms with Crippen LogP contribution in [0.3, 0.4) is 0 Å². The summed E-state index contributed by atoms with van der Waals surface area (Å²) < 4.78 is 1.81. The fourth-order valence-electron chi connectivity index (χ4n) is 3.47. The van der Waals surface area contributed by atoms with Gasteiger partial charge in [0.15, 0.2) is 0 Å². The monoisotopic (exact) mass is 350 g/mol. The number of carboxylic acid groups (broad SMARTS) is 1. The highest BCUT2D eigenvalue weighted by Crippen LogP contribution is 2.35. The van der Waals surface area contributed by atoms with Gasteiger partial charge in [-0.05, 0) is 29.8 Å². The molecule has 132 valence electrons. The van der Waals surface area contributed by atoms with Crippen molar-refractivity contribution in [2.24, 2.45) is 7.05 Å². The molecular weight excluding hydrogens is 332 g/mol. The van der Waals surface area contributed by atoms with Gasteiger partial charge in [-0.25, -0.2) is 0 Å². The number of aromatic nitrogens is 2. The first-order chi connectivity index (χ1) is 12.5. The van der Waals surface area contributed by atoms with E-state index in [9.17, 15) is 9.59 Å². The van der Waals surface area contributed by atoms with E-state index in [-0.39, 0.29) is 12.5 Å². The molecule has 2 aromatic carbocycles. The molecular formula is C19H18N4O3. The number of amides is 1. The molecule has 2 heterocycles. The largest absolute Gasteiger partial charge is 0.480 e. The van der Waals surface area contributed by atoms with Crippen molar-refractivity contribution in [2.75, 3.05) is 18.5 Å². The minimum atomic E-state index is -1.01. The minimum Gasteiger partial charge on any atom is -0.480 e. The van der Waals surface area contributed by atoms with Crippen molar-refractivity contribution in [2.45, 2.75) is 6.54 Å². The quantitative estimate of drug-likeness (QED) is 0.782. The average Bonchev–Trinajstić information content (AvgIpc) is 3.14. The van der Waals surface area contributed by atoms with Crippen LogP contribution in [0.15, 0.2) is 42.6 Å². The van der Waals surface area contributed by atoms with Gasteiger partial charge in [0.2, 0.25) is 0 Å². The zero-order valence-corrected chi connectivity index (χ0v) is 14.5. The van der Waals surface area contributed by atoms with Crippen LogP contribution in [-0.2, 0) is 18.4 Å². The molecule has 0 radical (unpaired) electrons. The van der Waals surface area contributed by atoms with Crippen molar-refractivity contribution in [3.63, 3.8) is 0 Å². The molecule has 1 amide bonds. The Kier molecular flexibility index (Phi) is 3.64. The molecule has 7 nitrogen and oxygen atoms in total. The number of carbonyl (C=O) groups is 2. The Bertz CT molecular complexity index is 1040. The Morgan fingerprint density at radius 1 is 1.31 bits per heavy atom. The Morgan fingerprint density at radius 2 is 2.12 bits per heavy atom. The molecule has 0 atom stereocenters. The lowest BCUT2D eigenvalue weighted by atomic mass is 10.1. The van der Waals surface area contributed by atoms with E-state index in [2.05, 4.69) is 5.10 Å². The Labute approximate surface area is 150 Å². The summed E-state index contributed by atoms with van der Waals surface area (Å²) in [5.74, 6) is -1.25. The Morgan fingerprint density at radius 3 is 2.88 bits per heavy atom. The van der Waals surface area contributed by atoms with Crippen LogP contribution in [0.5, 0.6) is 0 Å². The molecule has 4 rings (SSSR count). The van der Waals surface area contributed by atoms with Gasteiger partial charge >= 0.3 is 5.97 Å². The molecule has 3 aromatic rings. The Balaban J connectivity index is 1.73. The molecule has 0 saturated heterocycles. The second kappa shape index (κ2) is 5.87. The molecule has 1 aromatic heterocycles. The SMILES string of the molecule is CN(c1ccc2c(cnn2C)c1)c1cccc2c1C(=O)N(CC(=O)O)C2. The van der Waals surface area contributed by atoms with Crippen LogP contribution in [0, 0.1) is 0 Å². The average molecular weight is 350 g/mol. The van der Waals surface area contributed by atoms with Crippen LogP contribution < -0.4 is 4.90 Å². The summed E-state index contributed by atoms with van der Waals surface area (Å²) in [6.07, 6.45) is 1.81. The summed E-state index contributed by atoms with van der Waals surface area (Å²) >= 11 is 0. The summed E-state index contributed by atoms with van der Waals surface area (Å²) in [4.78, 5) is 27.0. The number of hydrogen-bond acceptors (Lipinski definition) is 4. The van der Waals surface area contributed by atoms with Gasteiger partial charge in [-0.3, -0.25) is 14.3 Å². The molecule has 1 N–H and O–H groups in total. The van der Waals surface area contributed by atoms with Gasteiger partial charge in [0, 0.05) is 31.7 Å². The van der Waals surface area contributed by atoms with Gasteiger partial charge in [-0.1, -0.05) is 12.1 Å². The maximum Gasteiger partial charge on any atom is 0.323 e. The molecule has 0 saturated carbocycles. The van der Waals surface area contributed by atoms with Gasteiger partial charge in [-0.2, -0.15) is 5.10 Å². The number of aliphatic carboxylic acids is 1. The fraction of sp³-hybridized carbons (Fsp3) is 0.211. The van der Waals surface area contributed by atoms with E-state index in [1.807, 2.05) is 66.3 Å². The second-order valence-corrected chi connectivity index (χ2v) is 6.44. The molecule has 0 unspecified atom stereocenters. The van der Waals surface area contributed by atoms with Crippen LogP contribution in [0.4, 0.5) is 11.4 Å². The second-order valence-electron chi connectivity index (χ2n) is 6.44. The van der Waals surface area contributed by atoms with E-state index in [1.54, 1.807) is 0 Å². The highest BCUT2D eigenvalue weighted by Gasteiger charge is 2.32. The maximum atomic E-state index is 12.7. The van der Waals surface area contributed by atoms with E-state index in [1.165, 1.54) is 4.90 Å². The number of aryl methyl sites for hydroxylation is 1. The number of hydrogen-bond donors (Lipinski definition) is 1. The van der Waals surface area contributed by atoms with Gasteiger partial charge in [0.05, 0.1) is 23.0 Å². The molecule has 0 spiro atoms. The Hall–Kier alpha value is -3.35. The van der Waals surface area contributed by atoms with Crippen LogP contribution in [0.1, 0.15) is 15.9 Å². The summed E-state index contributed by atoms with van der Waals surface area (Å²) in [6.45, 7) is 0.0299. The first-order valence-corrected chi connectivity index (χ1v) is 8.24. The van der Waals surface area contributed by atoms with E-state index in [0.717, 1.165) is 27.8 Å². The molecule has 0 fully saturated rings. The molecule has 26 heavy (non-hydrogen) atoms. The lowest BCUT2D eigenvalue weighted by molar-refractivity contribution is -0.137. The minimum absolute atomic E-state index is 0.243. The number of nitrogens with zero attached hydrogens (tertiary/aromatic N) is 4. The van der Waals surface area contributed by atoms with Crippen LogP contribution in [-0.4, -0.2) is 45.3 Å². The molecule has 1 aliphatic rings. The topological polar surface area (TPSA) is 78.7 Å². The lowest BCUT2D eigenvalue weighted by Crippen LogP contribution is -2.30. The number of anilines is 2. The number of rotatable bonds is 4. The van der Waals surface area contributed by atoms with Crippen LogP contribution in [0.2, 0.25) is 0 Å². The van der Waals surface area contributed by atoms with Crippen molar-refractivity contribution < 1.29 is 14.7 Å². The van der Waals surface area contributed by atoms with Crippen LogP contribution >= 0.6 is 0 Å². The molecule has 0 bridgehead atoms. The van der Waals surface area contributed by atoms with Crippen molar-refractivity contribution in [1.82, 2.24) is 14.7 Å². The van der Waals surface area contributed by atoms with Crippen molar-refractivity contribution in [3.05, 3.63) is 53.7 Å². The number of benzene rings is 2. The van der Waals surface area contributed by atoms with Crippen molar-refractivity contribution in [1.29, 1.82) is 0 Å². The zero-order chi connectivity index (χ0) is 18.4. The standard InChI is InChI=1S/C19H18N4O3/c1-21(14-6-7-15-13(8-14)9-20-22(15)2)16-5-3-4-12-10-23(11-17(24)25)19(26)18(12)16/h3-9H,10-11H2,1-2H3,(H,24,25). The molecule has 7 heteroatoms. The summed E-state index contributed by atoms with van der Waals surface area (Å²) in [5.41, 5.74) is 4.15. The summed E-state index contributed by atoms with van der Waals surface area (Å²) in [5, 5.41) is 14.3. The predicted molar refractivity (Wildman–Crippen MR) is 97.6 cm³/mol. The maximum absolute atomic E-state index is 12.7. The van der Waals surface area contributed by atoms with Crippen molar-refractivity contribution >= 4 is 34.2 Å². The normalized spacial score (nSPS) is 13.3. The van der Waals surface area contributed by atoms with E-state index in [0.29, 0.717) is 12.1 Å².